The summed E-state index contributed by atoms with van der Waals surface area (Å²) >= 11 is 2.32. The molecule has 0 saturated heterocycles. The second kappa shape index (κ2) is 7.69. The van der Waals surface area contributed by atoms with Gasteiger partial charge in [0, 0.05) is 13.2 Å². The van der Waals surface area contributed by atoms with Gasteiger partial charge in [-0.2, -0.15) is 13.2 Å². The van der Waals surface area contributed by atoms with Crippen LogP contribution in [-0.4, -0.2) is 38.6 Å². The minimum absolute atomic E-state index is 0.000206. The summed E-state index contributed by atoms with van der Waals surface area (Å²) in [5.74, 6) is 0.0916. The second-order valence-electron chi connectivity index (χ2n) is 5.57. The zero-order valence-electron chi connectivity index (χ0n) is 13.9. The number of carbonyl (C=O) groups is 1. The fourth-order valence-corrected chi connectivity index (χ4v) is 3.70. The highest BCUT2D eigenvalue weighted by Crippen LogP contribution is 2.29. The molecule has 1 N–H and O–H groups in total. The number of nitrogens with zero attached hydrogens (tertiary/aromatic N) is 3. The summed E-state index contributed by atoms with van der Waals surface area (Å²) in [5, 5.41) is 2.08. The van der Waals surface area contributed by atoms with E-state index < -0.39 is 11.7 Å². The van der Waals surface area contributed by atoms with Crippen molar-refractivity contribution in [3.05, 3.63) is 51.5 Å². The molecule has 0 aromatic carbocycles. The average Bonchev–Trinajstić information content (AvgIpc) is 3.08. The van der Waals surface area contributed by atoms with E-state index in [4.69, 9.17) is 0 Å². The number of nitrogens with one attached hydrogen (secondary N) is 1. The number of hydrogen-bond donors (Lipinski definition) is 1. The number of aromatic amines is 1. The molecule has 3 aromatic rings. The standard InChI is InChI=1S/C16H13F3N4O2S2/c1-23(7-11-21-10-4-5-26-14(10)15(25)22-11)13(24)8-27-12-3-2-9(6-20-12)16(17,18)19/h2-6H,7-8H2,1H3,(H,21,22,25). The minimum atomic E-state index is -4.44. The van der Waals surface area contributed by atoms with Gasteiger partial charge in [0.25, 0.3) is 5.56 Å². The van der Waals surface area contributed by atoms with Gasteiger partial charge in [-0.1, -0.05) is 11.8 Å². The quantitative estimate of drug-likeness (QED) is 0.649. The van der Waals surface area contributed by atoms with Crippen LogP contribution in [0, 0.1) is 0 Å². The molecule has 0 unspecified atom stereocenters. The topological polar surface area (TPSA) is 79.0 Å². The molecule has 27 heavy (non-hydrogen) atoms. The van der Waals surface area contributed by atoms with Crippen molar-refractivity contribution >= 4 is 39.2 Å². The van der Waals surface area contributed by atoms with E-state index in [1.54, 1.807) is 18.5 Å². The van der Waals surface area contributed by atoms with Crippen molar-refractivity contribution in [2.45, 2.75) is 17.7 Å². The monoisotopic (exact) mass is 414 g/mol. The highest BCUT2D eigenvalue weighted by molar-refractivity contribution is 7.99. The maximum Gasteiger partial charge on any atom is 0.417 e. The zero-order chi connectivity index (χ0) is 19.6. The van der Waals surface area contributed by atoms with Crippen LogP contribution in [0.1, 0.15) is 11.4 Å². The molecule has 0 spiro atoms. The van der Waals surface area contributed by atoms with Crippen molar-refractivity contribution in [1.29, 1.82) is 0 Å². The number of alkyl halides is 3. The highest BCUT2D eigenvalue weighted by atomic mass is 32.2. The summed E-state index contributed by atoms with van der Waals surface area (Å²) in [6, 6.07) is 3.88. The molecule has 3 aromatic heterocycles. The lowest BCUT2D eigenvalue weighted by Crippen LogP contribution is -2.29. The smallest absolute Gasteiger partial charge is 0.338 e. The van der Waals surface area contributed by atoms with Crippen LogP contribution in [0.15, 0.2) is 39.6 Å². The number of amides is 1. The second-order valence-corrected chi connectivity index (χ2v) is 7.48. The van der Waals surface area contributed by atoms with E-state index in [-0.39, 0.29) is 23.8 Å². The highest BCUT2D eigenvalue weighted by Gasteiger charge is 2.30. The Balaban J connectivity index is 1.59. The van der Waals surface area contributed by atoms with Gasteiger partial charge in [-0.05, 0) is 23.6 Å². The Kier molecular flexibility index (Phi) is 5.51. The molecule has 0 aliphatic rings. The molecule has 0 fully saturated rings. The number of carbonyl (C=O) groups excluding carboxylic acids is 1. The molecule has 0 radical (unpaired) electrons. The number of pyridine rings is 1. The molecule has 0 saturated carbocycles. The predicted octanol–water partition coefficient (Wildman–Crippen LogP) is 3.15. The zero-order valence-corrected chi connectivity index (χ0v) is 15.5. The van der Waals surface area contributed by atoms with Gasteiger partial charge in [0.2, 0.25) is 5.91 Å². The maximum atomic E-state index is 12.5. The number of fused-ring (bicyclic) bond motifs is 1. The summed E-state index contributed by atoms with van der Waals surface area (Å²) in [4.78, 5) is 36.2. The number of thiophene rings is 1. The number of halogens is 3. The molecular formula is C16H13F3N4O2S2. The molecule has 1 amide bonds. The Morgan fingerprint density at radius 2 is 2.11 bits per heavy atom. The van der Waals surface area contributed by atoms with Crippen LogP contribution >= 0.6 is 23.1 Å². The average molecular weight is 414 g/mol. The fourth-order valence-electron chi connectivity index (χ4n) is 2.19. The van der Waals surface area contributed by atoms with Crippen LogP contribution in [0.4, 0.5) is 13.2 Å². The van der Waals surface area contributed by atoms with Gasteiger partial charge >= 0.3 is 6.18 Å². The number of H-pyrrole nitrogens is 1. The molecule has 11 heteroatoms. The summed E-state index contributed by atoms with van der Waals surface area (Å²) in [6.45, 7) is 0.112. The van der Waals surface area contributed by atoms with E-state index in [0.29, 0.717) is 21.1 Å². The van der Waals surface area contributed by atoms with Gasteiger partial charge in [0.15, 0.2) is 0 Å². The molecular weight excluding hydrogens is 401 g/mol. The van der Waals surface area contributed by atoms with Gasteiger partial charge in [-0.25, -0.2) is 9.97 Å². The van der Waals surface area contributed by atoms with Gasteiger partial charge < -0.3 is 9.88 Å². The van der Waals surface area contributed by atoms with Crippen molar-refractivity contribution in [1.82, 2.24) is 19.9 Å². The van der Waals surface area contributed by atoms with E-state index in [1.807, 2.05) is 0 Å². The van der Waals surface area contributed by atoms with Crippen LogP contribution in [0.2, 0.25) is 0 Å². The Morgan fingerprint density at radius 3 is 2.78 bits per heavy atom. The minimum Gasteiger partial charge on any atom is -0.338 e. The van der Waals surface area contributed by atoms with Gasteiger partial charge in [0.05, 0.1) is 28.4 Å². The van der Waals surface area contributed by atoms with Gasteiger partial charge in [0.1, 0.15) is 10.5 Å². The van der Waals surface area contributed by atoms with Crippen molar-refractivity contribution in [2.24, 2.45) is 0 Å². The molecule has 0 atom stereocenters. The van der Waals surface area contributed by atoms with E-state index in [0.717, 1.165) is 24.0 Å². The Morgan fingerprint density at radius 1 is 1.33 bits per heavy atom. The Labute approximate surface area is 159 Å². The lowest BCUT2D eigenvalue weighted by molar-refractivity contribution is -0.138. The van der Waals surface area contributed by atoms with Crippen molar-refractivity contribution in [2.75, 3.05) is 12.8 Å². The van der Waals surface area contributed by atoms with E-state index in [9.17, 15) is 22.8 Å². The third-order valence-electron chi connectivity index (χ3n) is 3.58. The maximum absolute atomic E-state index is 12.5. The predicted molar refractivity (Wildman–Crippen MR) is 96.7 cm³/mol. The van der Waals surface area contributed by atoms with E-state index in [2.05, 4.69) is 15.0 Å². The first-order valence-corrected chi connectivity index (χ1v) is 9.47. The van der Waals surface area contributed by atoms with E-state index in [1.165, 1.54) is 22.3 Å². The lowest BCUT2D eigenvalue weighted by Gasteiger charge is -2.16. The number of thioether (sulfide) groups is 1. The number of aromatic nitrogens is 3. The van der Waals surface area contributed by atoms with Crippen LogP contribution < -0.4 is 5.56 Å². The molecule has 0 aliphatic heterocycles. The summed E-state index contributed by atoms with van der Waals surface area (Å²) in [7, 11) is 1.56. The molecule has 142 valence electrons. The molecule has 3 heterocycles. The molecule has 3 rings (SSSR count). The summed E-state index contributed by atoms with van der Waals surface area (Å²) < 4.78 is 38.1. The number of hydrogen-bond acceptors (Lipinski definition) is 6. The molecule has 6 nitrogen and oxygen atoms in total. The van der Waals surface area contributed by atoms with Gasteiger partial charge in [-0.15, -0.1) is 11.3 Å². The fraction of sp³-hybridized carbons (Fsp3) is 0.250. The first-order valence-electron chi connectivity index (χ1n) is 7.60. The van der Waals surface area contributed by atoms with E-state index >= 15 is 0 Å². The van der Waals surface area contributed by atoms with Gasteiger partial charge in [-0.3, -0.25) is 9.59 Å². The third-order valence-corrected chi connectivity index (χ3v) is 5.41. The summed E-state index contributed by atoms with van der Waals surface area (Å²) in [6.07, 6.45) is -3.71. The third kappa shape index (κ3) is 4.66. The normalized spacial score (nSPS) is 11.7. The lowest BCUT2D eigenvalue weighted by atomic mass is 10.3. The Hall–Kier alpha value is -2.40. The van der Waals surface area contributed by atoms with Crippen LogP contribution in [0.3, 0.4) is 0 Å². The van der Waals surface area contributed by atoms with Crippen LogP contribution in [0.5, 0.6) is 0 Å². The van der Waals surface area contributed by atoms with Crippen LogP contribution in [0.25, 0.3) is 10.2 Å². The van der Waals surface area contributed by atoms with Crippen molar-refractivity contribution in [3.8, 4) is 0 Å². The largest absolute Gasteiger partial charge is 0.417 e. The first kappa shape index (κ1) is 19.4. The van der Waals surface area contributed by atoms with Crippen molar-refractivity contribution in [3.63, 3.8) is 0 Å². The Bertz CT molecular complexity index is 1010. The number of rotatable bonds is 5. The first-order chi connectivity index (χ1) is 12.7. The SMILES string of the molecule is CN(Cc1nc2ccsc2c(=O)[nH]1)C(=O)CSc1ccc(C(F)(F)F)cn1. The molecule has 0 bridgehead atoms. The summed E-state index contributed by atoms with van der Waals surface area (Å²) in [5.41, 5.74) is -0.522. The molecule has 0 aliphatic carbocycles. The van der Waals surface area contributed by atoms with Crippen LogP contribution in [-0.2, 0) is 17.5 Å². The van der Waals surface area contributed by atoms with Crippen molar-refractivity contribution < 1.29 is 18.0 Å².